The van der Waals surface area contributed by atoms with E-state index in [4.69, 9.17) is 0 Å². The van der Waals surface area contributed by atoms with Gasteiger partial charge in [0.05, 0.1) is 0 Å². The molecular weight excluding hydrogens is 356 g/mol. The molecular formula is C2H2F4O8S4. The Labute approximate surface area is 99.4 Å². The van der Waals surface area contributed by atoms with Gasteiger partial charge in [0, 0.05) is 0 Å². The lowest BCUT2D eigenvalue weighted by molar-refractivity contribution is 0.499. The maximum atomic E-state index is 12.4. The van der Waals surface area contributed by atoms with Crippen molar-refractivity contribution in [2.45, 2.75) is 9.16 Å². The quantitative estimate of drug-likeness (QED) is 0.443. The van der Waals surface area contributed by atoms with E-state index in [1.165, 1.54) is 0 Å². The molecule has 0 aromatic heterocycles. The SMILES string of the molecule is O=S(=O)(F)C(C(S(=O)(=O)F)S(=O)(=O)F)S(=O)(=O)F. The summed E-state index contributed by atoms with van der Waals surface area (Å²) in [5.74, 6) is 0. The molecule has 8 nitrogen and oxygen atoms in total. The van der Waals surface area contributed by atoms with Gasteiger partial charge >= 0.3 is 40.9 Å². The van der Waals surface area contributed by atoms with E-state index in [0.717, 1.165) is 0 Å². The van der Waals surface area contributed by atoms with E-state index in [1.54, 1.807) is 0 Å². The van der Waals surface area contributed by atoms with Gasteiger partial charge < -0.3 is 0 Å². The van der Waals surface area contributed by atoms with Crippen molar-refractivity contribution in [1.29, 1.82) is 0 Å². The third kappa shape index (κ3) is 4.32. The molecule has 0 rings (SSSR count). The van der Waals surface area contributed by atoms with Crippen LogP contribution in [0.25, 0.3) is 0 Å². The molecule has 0 saturated carbocycles. The zero-order valence-corrected chi connectivity index (χ0v) is 10.8. The highest BCUT2D eigenvalue weighted by Gasteiger charge is 2.58. The van der Waals surface area contributed by atoms with E-state index in [2.05, 4.69) is 0 Å². The summed E-state index contributed by atoms with van der Waals surface area (Å²) in [7, 11) is -27.2. The second-order valence-corrected chi connectivity index (χ2v) is 9.07. The zero-order chi connectivity index (χ0) is 15.2. The Balaban J connectivity index is 6.57. The van der Waals surface area contributed by atoms with Crippen LogP contribution >= 0.6 is 0 Å². The van der Waals surface area contributed by atoms with Gasteiger partial charge in [0.25, 0.3) is 9.16 Å². The van der Waals surface area contributed by atoms with E-state index in [-0.39, 0.29) is 0 Å². The monoisotopic (exact) mass is 358 g/mol. The second kappa shape index (κ2) is 4.57. The Hall–Kier alpha value is -0.480. The van der Waals surface area contributed by atoms with Crippen LogP contribution in [0.5, 0.6) is 0 Å². The van der Waals surface area contributed by atoms with Crippen LogP contribution in [-0.4, -0.2) is 42.8 Å². The highest BCUT2D eigenvalue weighted by Crippen LogP contribution is 2.28. The Morgan fingerprint density at radius 3 is 0.611 bits per heavy atom. The molecule has 0 aliphatic rings. The van der Waals surface area contributed by atoms with Gasteiger partial charge in [-0.2, -0.15) is 33.7 Å². The number of hydrogen-bond acceptors (Lipinski definition) is 8. The van der Waals surface area contributed by atoms with Crippen LogP contribution in [0.3, 0.4) is 0 Å². The van der Waals surface area contributed by atoms with Crippen molar-refractivity contribution in [3.05, 3.63) is 0 Å². The third-order valence-corrected chi connectivity index (χ3v) is 8.09. The van der Waals surface area contributed by atoms with Gasteiger partial charge in [-0.15, -0.1) is 15.5 Å². The number of hydrogen-bond donors (Lipinski definition) is 0. The Morgan fingerprint density at radius 1 is 0.444 bits per heavy atom. The summed E-state index contributed by atoms with van der Waals surface area (Å²) >= 11 is 0. The van der Waals surface area contributed by atoms with E-state index in [0.29, 0.717) is 0 Å². The van der Waals surface area contributed by atoms with Gasteiger partial charge in [-0.1, -0.05) is 0 Å². The molecule has 110 valence electrons. The van der Waals surface area contributed by atoms with Gasteiger partial charge in [-0.25, -0.2) is 0 Å². The van der Waals surface area contributed by atoms with Crippen LogP contribution in [0.15, 0.2) is 0 Å². The fourth-order valence-corrected chi connectivity index (χ4v) is 7.25. The number of halogens is 4. The molecule has 0 amide bonds. The summed E-state index contributed by atoms with van der Waals surface area (Å²) in [5.41, 5.74) is 0. The molecule has 16 heteroatoms. The van der Waals surface area contributed by atoms with Crippen molar-refractivity contribution < 1.29 is 49.2 Å². The van der Waals surface area contributed by atoms with Crippen LogP contribution < -0.4 is 0 Å². The Kier molecular flexibility index (Phi) is 4.44. The average molecular weight is 358 g/mol. The highest BCUT2D eigenvalue weighted by atomic mass is 32.3. The first-order valence-corrected chi connectivity index (χ1v) is 9.01. The molecule has 18 heavy (non-hydrogen) atoms. The normalized spacial score (nSPS) is 15.2. The minimum absolute atomic E-state index is 4.62. The second-order valence-electron chi connectivity index (χ2n) is 2.64. The maximum Gasteiger partial charge on any atom is 0.325 e. The lowest BCUT2D eigenvalue weighted by Crippen LogP contribution is -2.44. The van der Waals surface area contributed by atoms with Crippen molar-refractivity contribution >= 4 is 40.9 Å². The Morgan fingerprint density at radius 2 is 0.556 bits per heavy atom. The Bertz CT molecular complexity index is 597. The van der Waals surface area contributed by atoms with Crippen molar-refractivity contribution in [2.75, 3.05) is 0 Å². The van der Waals surface area contributed by atoms with E-state index in [1.807, 2.05) is 0 Å². The van der Waals surface area contributed by atoms with Gasteiger partial charge in [0.2, 0.25) is 0 Å². The lowest BCUT2D eigenvalue weighted by atomic mass is 10.9. The van der Waals surface area contributed by atoms with E-state index >= 15 is 0 Å². The third-order valence-electron chi connectivity index (χ3n) is 1.33. The molecule has 0 atom stereocenters. The fourth-order valence-electron chi connectivity index (χ4n) is 0.805. The largest absolute Gasteiger partial charge is 0.325 e. The minimum atomic E-state index is -6.79. The standard InChI is InChI=1S/C2H2F4O8S4/c3-15(7,8)1(16(4,9)10)2(17(5,11)12)18(6,13)14/h1-2H. The predicted molar refractivity (Wildman–Crippen MR) is 47.7 cm³/mol. The van der Waals surface area contributed by atoms with E-state index < -0.39 is 50.1 Å². The number of rotatable bonds is 5. The van der Waals surface area contributed by atoms with Gasteiger partial charge in [0.1, 0.15) is 0 Å². The molecule has 0 spiro atoms. The smallest absolute Gasteiger partial charge is 0.193 e. The predicted octanol–water partition coefficient (Wildman–Crippen LogP) is -1.16. The molecule has 0 unspecified atom stereocenters. The van der Waals surface area contributed by atoms with Gasteiger partial charge in [0.15, 0.2) is 0 Å². The summed E-state index contributed by atoms with van der Waals surface area (Å²) in [4.78, 5) is 0. The van der Waals surface area contributed by atoms with Crippen LogP contribution in [-0.2, 0) is 40.9 Å². The molecule has 0 N–H and O–H groups in total. The van der Waals surface area contributed by atoms with Crippen LogP contribution in [0.4, 0.5) is 15.5 Å². The van der Waals surface area contributed by atoms with Crippen molar-refractivity contribution in [2.24, 2.45) is 0 Å². The molecule has 0 fully saturated rings. The van der Waals surface area contributed by atoms with Crippen LogP contribution in [0.2, 0.25) is 0 Å². The van der Waals surface area contributed by atoms with Crippen LogP contribution in [0.1, 0.15) is 0 Å². The van der Waals surface area contributed by atoms with Gasteiger partial charge in [-0.3, -0.25) is 0 Å². The molecule has 0 aliphatic carbocycles. The fraction of sp³-hybridized carbons (Fsp3) is 1.00. The lowest BCUT2D eigenvalue weighted by Gasteiger charge is -2.13. The van der Waals surface area contributed by atoms with Crippen LogP contribution in [0, 0.1) is 0 Å². The molecule has 0 aliphatic heterocycles. The molecule has 0 heterocycles. The topological polar surface area (TPSA) is 137 Å². The first kappa shape index (κ1) is 17.5. The van der Waals surface area contributed by atoms with E-state index in [9.17, 15) is 49.2 Å². The summed E-state index contributed by atoms with van der Waals surface area (Å²) in [6.45, 7) is 0. The minimum Gasteiger partial charge on any atom is -0.193 e. The summed E-state index contributed by atoms with van der Waals surface area (Å²) in [6, 6.07) is 0. The molecule has 0 radical (unpaired) electrons. The molecule has 0 aromatic rings. The molecule has 0 bridgehead atoms. The van der Waals surface area contributed by atoms with Crippen molar-refractivity contribution in [3.8, 4) is 0 Å². The van der Waals surface area contributed by atoms with Crippen molar-refractivity contribution in [1.82, 2.24) is 0 Å². The summed E-state index contributed by atoms with van der Waals surface area (Å²) in [5, 5.41) is 0. The molecule has 0 saturated heterocycles. The summed E-state index contributed by atoms with van der Waals surface area (Å²) in [6.07, 6.45) is 0. The first-order valence-electron chi connectivity index (χ1n) is 3.23. The highest BCUT2D eigenvalue weighted by molar-refractivity contribution is 8.11. The maximum absolute atomic E-state index is 12.4. The van der Waals surface area contributed by atoms with Gasteiger partial charge in [-0.05, 0) is 0 Å². The van der Waals surface area contributed by atoms with Crippen molar-refractivity contribution in [3.63, 3.8) is 0 Å². The average Bonchev–Trinajstić information content (AvgIpc) is 1.89. The summed E-state index contributed by atoms with van der Waals surface area (Å²) < 4.78 is 121. The molecule has 0 aromatic carbocycles. The zero-order valence-electron chi connectivity index (χ0n) is 7.57. The first-order chi connectivity index (χ1) is 7.49.